The summed E-state index contributed by atoms with van der Waals surface area (Å²) >= 11 is 4.80. The summed E-state index contributed by atoms with van der Waals surface area (Å²) in [7, 11) is 0. The second-order valence-electron chi connectivity index (χ2n) is 2.52. The molecular weight excluding hydrogens is 158 g/mol. The fraction of sp³-hybridized carbons (Fsp3) is 0.250. The molecule has 0 amide bonds. The van der Waals surface area contributed by atoms with E-state index < -0.39 is 0 Å². The standard InChI is InChI=1S/C8H9NOS/c1-6-3-9(10)4-7(2)8(6)5-11/h3-5H,1-2H3. The maximum atomic E-state index is 10.8. The molecule has 0 unspecified atom stereocenters. The van der Waals surface area contributed by atoms with Gasteiger partial charge in [-0.25, -0.2) is 0 Å². The monoisotopic (exact) mass is 167 g/mol. The lowest BCUT2D eigenvalue weighted by molar-refractivity contribution is -0.606. The normalized spacial score (nSPS) is 9.64. The van der Waals surface area contributed by atoms with Gasteiger partial charge in [0.2, 0.25) is 0 Å². The molecule has 1 rings (SSSR count). The minimum Gasteiger partial charge on any atom is -0.619 e. The number of hydrogen-bond acceptors (Lipinski definition) is 2. The summed E-state index contributed by atoms with van der Waals surface area (Å²) in [5.74, 6) is 0. The second-order valence-corrected chi connectivity index (χ2v) is 2.75. The van der Waals surface area contributed by atoms with E-state index in [1.807, 2.05) is 13.8 Å². The van der Waals surface area contributed by atoms with Crippen molar-refractivity contribution in [2.24, 2.45) is 0 Å². The fourth-order valence-electron chi connectivity index (χ4n) is 1.05. The Kier molecular flexibility index (Phi) is 2.19. The molecule has 0 spiro atoms. The third-order valence-electron chi connectivity index (χ3n) is 1.61. The van der Waals surface area contributed by atoms with Crippen LogP contribution in [0.2, 0.25) is 0 Å². The Morgan fingerprint density at radius 3 is 2.18 bits per heavy atom. The second kappa shape index (κ2) is 2.96. The van der Waals surface area contributed by atoms with E-state index in [0.29, 0.717) is 0 Å². The molecule has 0 radical (unpaired) electrons. The van der Waals surface area contributed by atoms with Crippen molar-refractivity contribution in [3.05, 3.63) is 34.3 Å². The number of aromatic nitrogens is 1. The zero-order valence-corrected chi connectivity index (χ0v) is 7.31. The number of thiocarbonyl (C=S) groups is 1. The molecule has 0 aliphatic rings. The van der Waals surface area contributed by atoms with Gasteiger partial charge in [0.1, 0.15) is 0 Å². The largest absolute Gasteiger partial charge is 0.619 e. The molecule has 0 aliphatic carbocycles. The van der Waals surface area contributed by atoms with Crippen molar-refractivity contribution in [1.29, 1.82) is 0 Å². The van der Waals surface area contributed by atoms with E-state index in [0.717, 1.165) is 21.4 Å². The lowest BCUT2D eigenvalue weighted by atomic mass is 10.1. The maximum Gasteiger partial charge on any atom is 0.183 e. The van der Waals surface area contributed by atoms with Crippen LogP contribution in [0.4, 0.5) is 0 Å². The molecule has 0 aliphatic heterocycles. The van der Waals surface area contributed by atoms with E-state index >= 15 is 0 Å². The highest BCUT2D eigenvalue weighted by Gasteiger charge is 2.03. The molecule has 3 heteroatoms. The zero-order chi connectivity index (χ0) is 8.43. The molecule has 0 fully saturated rings. The first-order valence-electron chi connectivity index (χ1n) is 3.30. The van der Waals surface area contributed by atoms with Crippen molar-refractivity contribution in [2.75, 3.05) is 0 Å². The van der Waals surface area contributed by atoms with Gasteiger partial charge in [-0.05, 0) is 13.8 Å². The average Bonchev–Trinajstić information content (AvgIpc) is 1.85. The minimum atomic E-state index is 0.799. The van der Waals surface area contributed by atoms with E-state index in [9.17, 15) is 5.21 Å². The molecule has 0 saturated heterocycles. The molecular formula is C8H9NOS. The predicted octanol–water partition coefficient (Wildman–Crippen LogP) is 1.28. The zero-order valence-electron chi connectivity index (χ0n) is 6.50. The molecule has 1 heterocycles. The summed E-state index contributed by atoms with van der Waals surface area (Å²) in [5.41, 5.74) is 2.83. The van der Waals surface area contributed by atoms with Crippen LogP contribution in [0.25, 0.3) is 0 Å². The molecule has 0 N–H and O–H groups in total. The molecule has 58 valence electrons. The molecule has 0 aromatic carbocycles. The number of rotatable bonds is 1. The van der Waals surface area contributed by atoms with Crippen molar-refractivity contribution in [2.45, 2.75) is 13.8 Å². The quantitative estimate of drug-likeness (QED) is 0.358. The van der Waals surface area contributed by atoms with Crippen LogP contribution < -0.4 is 4.73 Å². The van der Waals surface area contributed by atoms with Crippen molar-refractivity contribution in [1.82, 2.24) is 0 Å². The fourth-order valence-corrected chi connectivity index (χ4v) is 1.43. The van der Waals surface area contributed by atoms with Crippen LogP contribution in [0.3, 0.4) is 0 Å². The van der Waals surface area contributed by atoms with Crippen molar-refractivity contribution >= 4 is 17.6 Å². The SMILES string of the molecule is Cc1c[n+]([O-])cc(C)c1C=S. The summed E-state index contributed by atoms with van der Waals surface area (Å²) in [4.78, 5) is 0. The van der Waals surface area contributed by atoms with Crippen LogP contribution in [0.15, 0.2) is 12.4 Å². The average molecular weight is 167 g/mol. The highest BCUT2D eigenvalue weighted by atomic mass is 32.1. The van der Waals surface area contributed by atoms with Gasteiger partial charge in [0.15, 0.2) is 12.4 Å². The van der Waals surface area contributed by atoms with Gasteiger partial charge < -0.3 is 5.21 Å². The van der Waals surface area contributed by atoms with Crippen molar-refractivity contribution in [3.63, 3.8) is 0 Å². The first-order valence-corrected chi connectivity index (χ1v) is 3.77. The van der Waals surface area contributed by atoms with Gasteiger partial charge in [0, 0.05) is 22.1 Å². The van der Waals surface area contributed by atoms with E-state index in [1.165, 1.54) is 12.4 Å². The molecule has 1 aromatic rings. The minimum absolute atomic E-state index is 0.799. The topological polar surface area (TPSA) is 26.9 Å². The van der Waals surface area contributed by atoms with Crippen LogP contribution in [-0.4, -0.2) is 5.37 Å². The lowest BCUT2D eigenvalue weighted by Crippen LogP contribution is -2.26. The summed E-state index contributed by atoms with van der Waals surface area (Å²) < 4.78 is 0.799. The smallest absolute Gasteiger partial charge is 0.183 e. The van der Waals surface area contributed by atoms with Gasteiger partial charge in [-0.2, -0.15) is 4.73 Å². The first-order chi connectivity index (χ1) is 5.15. The van der Waals surface area contributed by atoms with Crippen molar-refractivity contribution in [3.8, 4) is 0 Å². The Morgan fingerprint density at radius 1 is 1.36 bits per heavy atom. The number of nitrogens with zero attached hydrogens (tertiary/aromatic N) is 1. The van der Waals surface area contributed by atoms with Crippen LogP contribution >= 0.6 is 12.2 Å². The molecule has 11 heavy (non-hydrogen) atoms. The highest BCUT2D eigenvalue weighted by Crippen LogP contribution is 2.06. The van der Waals surface area contributed by atoms with E-state index in [1.54, 1.807) is 5.37 Å². The van der Waals surface area contributed by atoms with Crippen LogP contribution in [0.5, 0.6) is 0 Å². The van der Waals surface area contributed by atoms with Crippen LogP contribution in [0, 0.1) is 19.1 Å². The molecule has 0 saturated carbocycles. The molecule has 2 nitrogen and oxygen atoms in total. The van der Waals surface area contributed by atoms with E-state index in [2.05, 4.69) is 0 Å². The van der Waals surface area contributed by atoms with Gasteiger partial charge >= 0.3 is 0 Å². The predicted molar refractivity (Wildman–Crippen MR) is 47.6 cm³/mol. The molecule has 0 bridgehead atoms. The maximum absolute atomic E-state index is 10.8. The Bertz CT molecular complexity index is 273. The van der Waals surface area contributed by atoms with E-state index in [-0.39, 0.29) is 0 Å². The van der Waals surface area contributed by atoms with Gasteiger partial charge in [-0.1, -0.05) is 12.2 Å². The van der Waals surface area contributed by atoms with Gasteiger partial charge in [0.25, 0.3) is 0 Å². The number of aryl methyl sites for hydroxylation is 2. The van der Waals surface area contributed by atoms with E-state index in [4.69, 9.17) is 12.2 Å². The third kappa shape index (κ3) is 1.54. The first kappa shape index (κ1) is 8.14. The molecule has 0 atom stereocenters. The van der Waals surface area contributed by atoms with Gasteiger partial charge in [-0.15, -0.1) is 0 Å². The summed E-state index contributed by atoms with van der Waals surface area (Å²) in [6, 6.07) is 0. The summed E-state index contributed by atoms with van der Waals surface area (Å²) in [6.07, 6.45) is 3.04. The molecule has 1 aromatic heterocycles. The summed E-state index contributed by atoms with van der Waals surface area (Å²) in [6.45, 7) is 3.75. The Balaban J connectivity index is 3.36. The highest BCUT2D eigenvalue weighted by molar-refractivity contribution is 7.79. The Hall–Kier alpha value is -0.960. The lowest BCUT2D eigenvalue weighted by Gasteiger charge is -2.03. The van der Waals surface area contributed by atoms with Crippen LogP contribution in [-0.2, 0) is 0 Å². The number of hydrogen-bond donors (Lipinski definition) is 0. The Labute approximate surface area is 71.1 Å². The van der Waals surface area contributed by atoms with Gasteiger partial charge in [0.05, 0.1) is 0 Å². The third-order valence-corrected chi connectivity index (χ3v) is 1.85. The van der Waals surface area contributed by atoms with Gasteiger partial charge in [-0.3, -0.25) is 0 Å². The summed E-state index contributed by atoms with van der Waals surface area (Å²) in [5, 5.41) is 12.4. The Morgan fingerprint density at radius 2 is 1.82 bits per heavy atom. The van der Waals surface area contributed by atoms with Crippen LogP contribution in [0.1, 0.15) is 16.7 Å². The number of pyridine rings is 1. The van der Waals surface area contributed by atoms with Crippen molar-refractivity contribution < 1.29 is 4.73 Å².